The third-order valence-corrected chi connectivity index (χ3v) is 2.30. The minimum atomic E-state index is -0.419. The van der Waals surface area contributed by atoms with Crippen LogP contribution in [0.4, 0.5) is 11.4 Å². The summed E-state index contributed by atoms with van der Waals surface area (Å²) in [6.45, 7) is 2.16. The topological polar surface area (TPSA) is 67.5 Å². The number of hydrogen-bond acceptors (Lipinski definition) is 4. The third-order valence-electron chi connectivity index (χ3n) is 2.30. The fraction of sp³-hybridized carbons (Fsp3) is 0.417. The lowest BCUT2D eigenvalue weighted by Crippen LogP contribution is -1.91. The fourth-order valence-corrected chi connectivity index (χ4v) is 1.33. The Bertz CT molecular complexity index is 374. The van der Waals surface area contributed by atoms with Crippen LogP contribution < -0.4 is 5.43 Å². The number of nitrogens with zero attached hydrogens (tertiary/aromatic N) is 2. The fourth-order valence-electron chi connectivity index (χ4n) is 1.33. The second-order valence-corrected chi connectivity index (χ2v) is 3.72. The average Bonchev–Trinajstić information content (AvgIpc) is 2.34. The van der Waals surface area contributed by atoms with Crippen LogP contribution >= 0.6 is 0 Å². The molecule has 0 bridgehead atoms. The molecule has 0 aliphatic rings. The van der Waals surface area contributed by atoms with E-state index >= 15 is 0 Å². The van der Waals surface area contributed by atoms with Crippen molar-refractivity contribution in [2.75, 3.05) is 5.43 Å². The first kappa shape index (κ1) is 13.2. The van der Waals surface area contributed by atoms with Crippen molar-refractivity contribution in [1.82, 2.24) is 0 Å². The first-order valence-electron chi connectivity index (χ1n) is 5.76. The van der Waals surface area contributed by atoms with Gasteiger partial charge in [-0.1, -0.05) is 19.8 Å². The molecule has 0 atom stereocenters. The second-order valence-electron chi connectivity index (χ2n) is 3.72. The number of benzene rings is 1. The average molecular weight is 235 g/mol. The smallest absolute Gasteiger partial charge is 0.269 e. The molecule has 1 aromatic rings. The van der Waals surface area contributed by atoms with E-state index in [0.29, 0.717) is 0 Å². The zero-order valence-electron chi connectivity index (χ0n) is 9.93. The predicted molar refractivity (Wildman–Crippen MR) is 69.4 cm³/mol. The lowest BCUT2D eigenvalue weighted by atomic mass is 10.2. The maximum Gasteiger partial charge on any atom is 0.269 e. The van der Waals surface area contributed by atoms with E-state index in [1.165, 1.54) is 25.0 Å². The van der Waals surface area contributed by atoms with E-state index in [0.717, 1.165) is 18.5 Å². The van der Waals surface area contributed by atoms with Crippen LogP contribution in [-0.4, -0.2) is 11.1 Å². The maximum atomic E-state index is 10.4. The van der Waals surface area contributed by atoms with Crippen LogP contribution in [0.2, 0.25) is 0 Å². The van der Waals surface area contributed by atoms with E-state index in [1.807, 2.05) is 6.21 Å². The number of nitro benzene ring substituents is 1. The van der Waals surface area contributed by atoms with E-state index in [2.05, 4.69) is 17.5 Å². The Balaban J connectivity index is 2.34. The number of anilines is 1. The largest absolute Gasteiger partial charge is 0.279 e. The monoisotopic (exact) mass is 235 g/mol. The van der Waals surface area contributed by atoms with Crippen LogP contribution in [0.25, 0.3) is 0 Å². The van der Waals surface area contributed by atoms with Gasteiger partial charge in [-0.05, 0) is 25.0 Å². The molecule has 0 saturated carbocycles. The van der Waals surface area contributed by atoms with Crippen LogP contribution in [0.5, 0.6) is 0 Å². The summed E-state index contributed by atoms with van der Waals surface area (Å²) in [5, 5.41) is 14.5. The van der Waals surface area contributed by atoms with Gasteiger partial charge in [0.25, 0.3) is 5.69 Å². The van der Waals surface area contributed by atoms with Gasteiger partial charge in [-0.2, -0.15) is 5.10 Å². The van der Waals surface area contributed by atoms with E-state index in [9.17, 15) is 10.1 Å². The predicted octanol–water partition coefficient (Wildman–Crippen LogP) is 3.57. The maximum absolute atomic E-state index is 10.4. The SMILES string of the molecule is CCCCCC=NNc1ccc([N+](=O)[O-])cc1. The summed E-state index contributed by atoms with van der Waals surface area (Å²) in [7, 11) is 0. The minimum absolute atomic E-state index is 0.0856. The lowest BCUT2D eigenvalue weighted by molar-refractivity contribution is -0.384. The van der Waals surface area contributed by atoms with Crippen molar-refractivity contribution >= 4 is 17.6 Å². The van der Waals surface area contributed by atoms with Crippen molar-refractivity contribution in [3.8, 4) is 0 Å². The van der Waals surface area contributed by atoms with Crippen molar-refractivity contribution in [2.45, 2.75) is 32.6 Å². The highest BCUT2D eigenvalue weighted by Crippen LogP contribution is 2.15. The number of unbranched alkanes of at least 4 members (excludes halogenated alkanes) is 3. The highest BCUT2D eigenvalue weighted by molar-refractivity contribution is 5.59. The van der Waals surface area contributed by atoms with Crippen LogP contribution in [0.3, 0.4) is 0 Å². The number of nitro groups is 1. The molecule has 0 radical (unpaired) electrons. The molecule has 17 heavy (non-hydrogen) atoms. The molecule has 0 fully saturated rings. The van der Waals surface area contributed by atoms with Crippen molar-refractivity contribution < 1.29 is 4.92 Å². The van der Waals surface area contributed by atoms with Crippen LogP contribution in [0.1, 0.15) is 32.6 Å². The molecule has 1 aromatic carbocycles. The zero-order chi connectivity index (χ0) is 12.5. The molecular weight excluding hydrogens is 218 g/mol. The quantitative estimate of drug-likeness (QED) is 0.340. The van der Waals surface area contributed by atoms with Gasteiger partial charge >= 0.3 is 0 Å². The Hall–Kier alpha value is -1.91. The third kappa shape index (κ3) is 5.10. The molecule has 0 unspecified atom stereocenters. The van der Waals surface area contributed by atoms with E-state index in [-0.39, 0.29) is 5.69 Å². The van der Waals surface area contributed by atoms with Gasteiger partial charge in [-0.15, -0.1) is 0 Å². The second kappa shape index (κ2) is 7.38. The van der Waals surface area contributed by atoms with Crippen molar-refractivity contribution in [3.05, 3.63) is 34.4 Å². The molecule has 0 amide bonds. The lowest BCUT2D eigenvalue weighted by Gasteiger charge is -1.99. The van der Waals surface area contributed by atoms with Gasteiger partial charge in [0.1, 0.15) is 0 Å². The molecule has 0 aliphatic heterocycles. The summed E-state index contributed by atoms with van der Waals surface area (Å²) in [6.07, 6.45) is 6.33. The highest BCUT2D eigenvalue weighted by Gasteiger charge is 2.02. The molecule has 92 valence electrons. The Morgan fingerprint density at radius 3 is 2.65 bits per heavy atom. The Kier molecular flexibility index (Phi) is 5.71. The number of hydrogen-bond donors (Lipinski definition) is 1. The molecule has 0 heterocycles. The first-order valence-corrected chi connectivity index (χ1v) is 5.76. The molecule has 0 aliphatic carbocycles. The Morgan fingerprint density at radius 1 is 1.35 bits per heavy atom. The van der Waals surface area contributed by atoms with E-state index in [4.69, 9.17) is 0 Å². The van der Waals surface area contributed by atoms with Crippen LogP contribution in [0, 0.1) is 10.1 Å². The summed E-state index contributed by atoms with van der Waals surface area (Å²) in [5.41, 5.74) is 3.67. The molecule has 0 aromatic heterocycles. The van der Waals surface area contributed by atoms with E-state index in [1.54, 1.807) is 12.1 Å². The summed E-state index contributed by atoms with van der Waals surface area (Å²) in [6, 6.07) is 6.19. The number of non-ortho nitro benzene ring substituents is 1. The van der Waals surface area contributed by atoms with Crippen molar-refractivity contribution in [2.24, 2.45) is 5.10 Å². The normalized spacial score (nSPS) is 10.6. The van der Waals surface area contributed by atoms with Gasteiger partial charge in [0.05, 0.1) is 10.6 Å². The van der Waals surface area contributed by atoms with Crippen LogP contribution in [-0.2, 0) is 0 Å². The van der Waals surface area contributed by atoms with Gasteiger partial charge in [0.15, 0.2) is 0 Å². The van der Waals surface area contributed by atoms with Crippen molar-refractivity contribution in [1.29, 1.82) is 0 Å². The van der Waals surface area contributed by atoms with Crippen molar-refractivity contribution in [3.63, 3.8) is 0 Å². The van der Waals surface area contributed by atoms with E-state index < -0.39 is 4.92 Å². The zero-order valence-corrected chi connectivity index (χ0v) is 9.93. The van der Waals surface area contributed by atoms with Gasteiger partial charge in [0, 0.05) is 18.3 Å². The molecule has 5 nitrogen and oxygen atoms in total. The first-order chi connectivity index (χ1) is 8.24. The minimum Gasteiger partial charge on any atom is -0.279 e. The van der Waals surface area contributed by atoms with Crippen LogP contribution in [0.15, 0.2) is 29.4 Å². The molecule has 0 spiro atoms. The summed E-state index contributed by atoms with van der Waals surface area (Å²) >= 11 is 0. The van der Waals surface area contributed by atoms with Gasteiger partial charge in [0.2, 0.25) is 0 Å². The molecule has 5 heteroatoms. The summed E-state index contributed by atoms with van der Waals surface area (Å²) in [5.74, 6) is 0. The number of nitrogens with one attached hydrogen (secondary N) is 1. The van der Waals surface area contributed by atoms with Gasteiger partial charge in [-0.3, -0.25) is 15.5 Å². The summed E-state index contributed by atoms with van der Waals surface area (Å²) < 4.78 is 0. The molecule has 1 rings (SSSR count). The molecule has 1 N–H and O–H groups in total. The number of rotatable bonds is 7. The molecular formula is C12H17N3O2. The molecule has 0 saturated heterocycles. The summed E-state index contributed by atoms with van der Waals surface area (Å²) in [4.78, 5) is 10.0. The highest BCUT2D eigenvalue weighted by atomic mass is 16.6. The standard InChI is InChI=1S/C12H17N3O2/c1-2-3-4-5-10-13-14-11-6-8-12(9-7-11)15(16)17/h6-10,14H,2-5H2,1H3. The Morgan fingerprint density at radius 2 is 2.06 bits per heavy atom. The Labute approximate surface area is 101 Å². The van der Waals surface area contributed by atoms with Gasteiger partial charge < -0.3 is 0 Å². The van der Waals surface area contributed by atoms with Gasteiger partial charge in [-0.25, -0.2) is 0 Å². The number of hydrazone groups is 1.